The molecule has 0 aliphatic rings. The second-order valence-corrected chi connectivity index (χ2v) is 9.61. The van der Waals surface area contributed by atoms with Gasteiger partial charge in [-0.15, -0.1) is 11.3 Å². The molecule has 7 heteroatoms. The zero-order valence-electron chi connectivity index (χ0n) is 10.0. The summed E-state index contributed by atoms with van der Waals surface area (Å²) in [5.74, 6) is 0. The number of sulfonamides is 1. The Labute approximate surface area is 120 Å². The van der Waals surface area contributed by atoms with E-state index in [0.717, 1.165) is 11.3 Å². The van der Waals surface area contributed by atoms with Crippen molar-refractivity contribution >= 4 is 48.9 Å². The first kappa shape index (κ1) is 15.4. The lowest BCUT2D eigenvalue weighted by Gasteiger charge is -2.27. The highest BCUT2D eigenvalue weighted by Gasteiger charge is 2.27. The topological polar surface area (TPSA) is 46.2 Å². The van der Waals surface area contributed by atoms with Crippen LogP contribution in [0.5, 0.6) is 0 Å². The molecule has 0 bridgehead atoms. The van der Waals surface area contributed by atoms with Crippen molar-refractivity contribution in [3.63, 3.8) is 0 Å². The lowest BCUT2D eigenvalue weighted by atomic mass is 9.89. The van der Waals surface area contributed by atoms with Crippen LogP contribution in [0.15, 0.2) is 14.1 Å². The summed E-state index contributed by atoms with van der Waals surface area (Å²) < 4.78 is 27.7. The van der Waals surface area contributed by atoms with Gasteiger partial charge < -0.3 is 0 Å². The van der Waals surface area contributed by atoms with Gasteiger partial charge in [-0.05, 0) is 34.3 Å². The van der Waals surface area contributed by atoms with Crippen LogP contribution in [-0.2, 0) is 10.0 Å². The van der Waals surface area contributed by atoms with E-state index in [4.69, 9.17) is 11.6 Å². The van der Waals surface area contributed by atoms with E-state index in [1.807, 2.05) is 27.7 Å². The molecule has 17 heavy (non-hydrogen) atoms. The molecule has 0 saturated heterocycles. The number of rotatable bonds is 3. The molecule has 0 spiro atoms. The summed E-state index contributed by atoms with van der Waals surface area (Å²) in [4.78, 5) is 0. The van der Waals surface area contributed by atoms with Crippen LogP contribution in [-0.4, -0.2) is 14.5 Å². The highest BCUT2D eigenvalue weighted by molar-refractivity contribution is 9.11. The Morgan fingerprint density at radius 2 is 2.00 bits per heavy atom. The van der Waals surface area contributed by atoms with E-state index in [1.54, 1.807) is 0 Å². The number of hydrogen-bond donors (Lipinski definition) is 1. The van der Waals surface area contributed by atoms with E-state index in [0.29, 0.717) is 8.81 Å². The van der Waals surface area contributed by atoms with Gasteiger partial charge in [0, 0.05) is 6.04 Å². The first-order valence-corrected chi connectivity index (χ1v) is 8.48. The van der Waals surface area contributed by atoms with Crippen molar-refractivity contribution in [3.8, 4) is 0 Å². The van der Waals surface area contributed by atoms with Crippen molar-refractivity contribution in [3.05, 3.63) is 14.9 Å². The standard InChI is InChI=1S/C10H15BrClNO2S2/c1-6(10(2,3)4)13-17(14,15)8-5-7(12)9(11)16-8/h5-6,13H,1-4H3. The molecule has 1 aromatic rings. The summed E-state index contributed by atoms with van der Waals surface area (Å²) in [6.07, 6.45) is 0. The monoisotopic (exact) mass is 359 g/mol. The van der Waals surface area contributed by atoms with Gasteiger partial charge in [0.2, 0.25) is 10.0 Å². The zero-order valence-corrected chi connectivity index (χ0v) is 14.0. The summed E-state index contributed by atoms with van der Waals surface area (Å²) in [7, 11) is -3.49. The Balaban J connectivity index is 2.98. The maximum atomic E-state index is 12.1. The second-order valence-electron chi connectivity index (χ2n) is 4.90. The molecule has 1 atom stereocenters. The molecule has 1 rings (SSSR count). The summed E-state index contributed by atoms with van der Waals surface area (Å²) in [5.41, 5.74) is -0.134. The first-order chi connectivity index (χ1) is 7.54. The van der Waals surface area contributed by atoms with Crippen LogP contribution < -0.4 is 4.72 Å². The molecule has 0 aromatic carbocycles. The summed E-state index contributed by atoms with van der Waals surface area (Å²) in [5, 5.41) is 0.416. The fourth-order valence-electron chi connectivity index (χ4n) is 0.927. The van der Waals surface area contributed by atoms with E-state index in [2.05, 4.69) is 20.7 Å². The number of thiophene rings is 1. The SMILES string of the molecule is CC(NS(=O)(=O)c1cc(Cl)c(Br)s1)C(C)(C)C. The predicted octanol–water partition coefficient (Wildman–Crippen LogP) is 3.88. The van der Waals surface area contributed by atoms with Crippen molar-refractivity contribution in [1.82, 2.24) is 4.72 Å². The molecule has 1 heterocycles. The molecule has 0 fully saturated rings. The Morgan fingerprint density at radius 3 is 2.35 bits per heavy atom. The minimum atomic E-state index is -3.49. The van der Waals surface area contributed by atoms with Gasteiger partial charge in [0.05, 0.1) is 8.81 Å². The van der Waals surface area contributed by atoms with Crippen LogP contribution in [0.1, 0.15) is 27.7 Å². The first-order valence-electron chi connectivity index (χ1n) is 5.01. The minimum Gasteiger partial charge on any atom is -0.207 e. The van der Waals surface area contributed by atoms with E-state index in [9.17, 15) is 8.42 Å². The van der Waals surface area contributed by atoms with Crippen LogP contribution >= 0.6 is 38.9 Å². The number of halogens is 2. The van der Waals surface area contributed by atoms with E-state index in [-0.39, 0.29) is 15.7 Å². The lowest BCUT2D eigenvalue weighted by molar-refractivity contribution is 0.318. The second kappa shape index (κ2) is 5.17. The molecule has 98 valence electrons. The molecule has 0 radical (unpaired) electrons. The van der Waals surface area contributed by atoms with Crippen LogP contribution in [0, 0.1) is 5.41 Å². The minimum absolute atomic E-state index is 0.134. The van der Waals surface area contributed by atoms with Gasteiger partial charge in [0.25, 0.3) is 0 Å². The number of hydrogen-bond acceptors (Lipinski definition) is 3. The average molecular weight is 361 g/mol. The van der Waals surface area contributed by atoms with Gasteiger partial charge in [-0.3, -0.25) is 0 Å². The Bertz CT molecular complexity index is 485. The molecule has 0 aliphatic carbocycles. The van der Waals surface area contributed by atoms with Gasteiger partial charge in [-0.2, -0.15) is 0 Å². The fourth-order valence-corrected chi connectivity index (χ4v) is 4.79. The van der Waals surface area contributed by atoms with Crippen LogP contribution in [0.3, 0.4) is 0 Å². The molecule has 3 nitrogen and oxygen atoms in total. The van der Waals surface area contributed by atoms with Crippen LogP contribution in [0.4, 0.5) is 0 Å². The van der Waals surface area contributed by atoms with Crippen molar-refractivity contribution in [2.75, 3.05) is 0 Å². The Hall–Kier alpha value is 0.380. The van der Waals surface area contributed by atoms with Gasteiger partial charge in [-0.25, -0.2) is 13.1 Å². The zero-order chi connectivity index (χ0) is 13.4. The number of nitrogens with one attached hydrogen (secondary N) is 1. The van der Waals surface area contributed by atoms with Gasteiger partial charge in [0.1, 0.15) is 4.21 Å². The molecule has 0 aliphatic heterocycles. The third kappa shape index (κ3) is 3.92. The summed E-state index contributed by atoms with van der Waals surface area (Å²) in [6, 6.07) is 1.29. The van der Waals surface area contributed by atoms with E-state index < -0.39 is 10.0 Å². The van der Waals surface area contributed by atoms with Crippen molar-refractivity contribution in [2.24, 2.45) is 5.41 Å². The Kier molecular flexibility index (Phi) is 4.69. The molecule has 1 unspecified atom stereocenters. The highest BCUT2D eigenvalue weighted by atomic mass is 79.9. The smallest absolute Gasteiger partial charge is 0.207 e. The molecule has 0 amide bonds. The van der Waals surface area contributed by atoms with Crippen molar-refractivity contribution in [2.45, 2.75) is 37.9 Å². The molecule has 0 saturated carbocycles. The van der Waals surface area contributed by atoms with Crippen LogP contribution in [0.2, 0.25) is 5.02 Å². The van der Waals surface area contributed by atoms with E-state index in [1.165, 1.54) is 6.07 Å². The Morgan fingerprint density at radius 1 is 1.47 bits per heavy atom. The highest BCUT2D eigenvalue weighted by Crippen LogP contribution is 2.35. The third-order valence-electron chi connectivity index (χ3n) is 2.52. The lowest BCUT2D eigenvalue weighted by Crippen LogP contribution is -2.41. The largest absolute Gasteiger partial charge is 0.250 e. The summed E-state index contributed by atoms with van der Waals surface area (Å²) >= 11 is 10.1. The normalized spacial score (nSPS) is 14.9. The van der Waals surface area contributed by atoms with Crippen LogP contribution in [0.25, 0.3) is 0 Å². The maximum Gasteiger partial charge on any atom is 0.250 e. The predicted molar refractivity (Wildman–Crippen MR) is 76.3 cm³/mol. The molecule has 1 aromatic heterocycles. The van der Waals surface area contributed by atoms with Crippen molar-refractivity contribution in [1.29, 1.82) is 0 Å². The molecule has 1 N–H and O–H groups in total. The van der Waals surface area contributed by atoms with Crippen molar-refractivity contribution < 1.29 is 8.42 Å². The molecular formula is C10H15BrClNO2S2. The maximum absolute atomic E-state index is 12.1. The van der Waals surface area contributed by atoms with Gasteiger partial charge in [-0.1, -0.05) is 32.4 Å². The average Bonchev–Trinajstić information content (AvgIpc) is 2.45. The fraction of sp³-hybridized carbons (Fsp3) is 0.600. The van der Waals surface area contributed by atoms with E-state index >= 15 is 0 Å². The quantitative estimate of drug-likeness (QED) is 0.889. The van der Waals surface area contributed by atoms with Gasteiger partial charge >= 0.3 is 0 Å². The van der Waals surface area contributed by atoms with Gasteiger partial charge in [0.15, 0.2) is 0 Å². The summed E-state index contributed by atoms with van der Waals surface area (Å²) in [6.45, 7) is 7.80. The molecular weight excluding hydrogens is 346 g/mol. The third-order valence-corrected chi connectivity index (χ3v) is 7.01.